The maximum atomic E-state index is 4.50. The first-order valence-corrected chi connectivity index (χ1v) is 7.00. The second-order valence-electron chi connectivity index (χ2n) is 3.72. The molecule has 0 saturated heterocycles. The molecular formula is C11H13IN2. The van der Waals surface area contributed by atoms with E-state index in [4.69, 9.17) is 0 Å². The number of hydrogen-bond acceptors (Lipinski definition) is 2. The van der Waals surface area contributed by atoms with Gasteiger partial charge in [-0.2, -0.15) is 0 Å². The predicted octanol–water partition coefficient (Wildman–Crippen LogP) is 3.21. The van der Waals surface area contributed by atoms with Crippen molar-refractivity contribution < 1.29 is 0 Å². The Bertz CT molecular complexity index is 419. The Morgan fingerprint density at radius 3 is 2.86 bits per heavy atom. The first-order valence-electron chi connectivity index (χ1n) is 4.68. The molecule has 14 heavy (non-hydrogen) atoms. The third kappa shape index (κ3) is 1.78. The molecule has 0 radical (unpaired) electrons. The van der Waals surface area contributed by atoms with E-state index in [-0.39, 0.29) is 20.7 Å². The van der Waals surface area contributed by atoms with Crippen LogP contribution < -0.4 is 0 Å². The molecule has 1 aliphatic heterocycles. The molecule has 0 aromatic carbocycles. The van der Waals surface area contributed by atoms with Crippen LogP contribution in [0.5, 0.6) is 0 Å². The fraction of sp³-hybridized carbons (Fsp3) is 0.364. The number of aryl methyl sites for hydroxylation is 1. The van der Waals surface area contributed by atoms with E-state index in [1.807, 2.05) is 6.20 Å². The van der Waals surface area contributed by atoms with Crippen LogP contribution in [-0.4, -0.2) is 12.7 Å². The van der Waals surface area contributed by atoms with E-state index in [0.717, 1.165) is 11.4 Å². The molecular weight excluding hydrogens is 287 g/mol. The lowest BCUT2D eigenvalue weighted by Crippen LogP contribution is -2.10. The Morgan fingerprint density at radius 1 is 1.36 bits per heavy atom. The van der Waals surface area contributed by atoms with Crippen molar-refractivity contribution in [2.45, 2.75) is 20.8 Å². The fourth-order valence-corrected chi connectivity index (χ4v) is 3.59. The van der Waals surface area contributed by atoms with Gasteiger partial charge in [0.25, 0.3) is 0 Å². The topological polar surface area (TPSA) is 25.2 Å². The van der Waals surface area contributed by atoms with Crippen LogP contribution in [0.1, 0.15) is 25.1 Å². The summed E-state index contributed by atoms with van der Waals surface area (Å²) >= 11 is -0.0279. The molecule has 0 unspecified atom stereocenters. The molecule has 74 valence electrons. The molecule has 3 heteroatoms. The smallest absolute Gasteiger partial charge is 0.0978 e. The number of pyridine rings is 1. The quantitative estimate of drug-likeness (QED) is 0.731. The van der Waals surface area contributed by atoms with Crippen molar-refractivity contribution in [1.82, 2.24) is 4.98 Å². The number of hydrogen-bond donors (Lipinski definition) is 0. The molecule has 0 atom stereocenters. The Hall–Kier alpha value is -0.580. The van der Waals surface area contributed by atoms with Crippen molar-refractivity contribution in [3.63, 3.8) is 0 Å². The minimum atomic E-state index is -0.0279. The summed E-state index contributed by atoms with van der Waals surface area (Å²) in [6.45, 7) is 6.53. The van der Waals surface area contributed by atoms with Crippen LogP contribution in [0.25, 0.3) is 0 Å². The third-order valence-electron chi connectivity index (χ3n) is 2.09. The number of nitrogens with zero attached hydrogens (tertiary/aromatic N) is 2. The standard InChI is InChI=1S/C11H13IN2/c1-7(2)10-11-9(14-6-12-10)4-8(3)5-13-11/h4-7H,1-3H3. The summed E-state index contributed by atoms with van der Waals surface area (Å²) in [6, 6.07) is 2.12. The lowest BCUT2D eigenvalue weighted by molar-refractivity contribution is 0.898. The molecule has 0 fully saturated rings. The monoisotopic (exact) mass is 300 g/mol. The molecule has 2 heterocycles. The number of aliphatic imine (C=N–C) groups is 1. The Kier molecular flexibility index (Phi) is 2.76. The summed E-state index contributed by atoms with van der Waals surface area (Å²) < 4.78 is 3.60. The zero-order chi connectivity index (χ0) is 10.1. The number of fused-ring (bicyclic) bond motifs is 1. The Labute approximate surface area is 94.2 Å². The molecule has 0 saturated carbocycles. The van der Waals surface area contributed by atoms with Gasteiger partial charge >= 0.3 is 0 Å². The van der Waals surface area contributed by atoms with Gasteiger partial charge in [-0.3, -0.25) is 4.98 Å². The SMILES string of the molecule is Cc1cnc2c(c1)N=CI=C2C(C)C. The highest BCUT2D eigenvalue weighted by Crippen LogP contribution is 2.28. The molecule has 0 spiro atoms. The van der Waals surface area contributed by atoms with Gasteiger partial charge in [0.15, 0.2) is 0 Å². The van der Waals surface area contributed by atoms with E-state index in [1.165, 1.54) is 9.07 Å². The van der Waals surface area contributed by atoms with Crippen LogP contribution in [-0.2, 0) is 0 Å². The van der Waals surface area contributed by atoms with Gasteiger partial charge in [-0.15, -0.1) is 0 Å². The minimum absolute atomic E-state index is 0.0279. The predicted molar refractivity (Wildman–Crippen MR) is 70.1 cm³/mol. The van der Waals surface area contributed by atoms with Crippen LogP contribution in [0.15, 0.2) is 17.3 Å². The van der Waals surface area contributed by atoms with Crippen LogP contribution in [0.2, 0.25) is 0 Å². The fourth-order valence-electron chi connectivity index (χ4n) is 1.42. The molecule has 2 rings (SSSR count). The first kappa shape index (κ1) is 9.96. The van der Waals surface area contributed by atoms with Crippen LogP contribution >= 0.6 is 20.7 Å². The molecule has 1 aromatic heterocycles. The van der Waals surface area contributed by atoms with Crippen LogP contribution in [0.4, 0.5) is 5.69 Å². The average molecular weight is 300 g/mol. The zero-order valence-electron chi connectivity index (χ0n) is 8.58. The van der Waals surface area contributed by atoms with E-state index in [1.54, 1.807) is 0 Å². The van der Waals surface area contributed by atoms with Crippen LogP contribution in [0.3, 0.4) is 0 Å². The number of halogens is 1. The lowest BCUT2D eigenvalue weighted by Gasteiger charge is -2.14. The summed E-state index contributed by atoms with van der Waals surface area (Å²) in [4.78, 5) is 8.93. The lowest BCUT2D eigenvalue weighted by atomic mass is 10.1. The van der Waals surface area contributed by atoms with E-state index in [2.05, 4.69) is 41.0 Å². The molecule has 2 nitrogen and oxygen atoms in total. The number of aromatic nitrogens is 1. The van der Waals surface area contributed by atoms with Crippen molar-refractivity contribution in [1.29, 1.82) is 0 Å². The van der Waals surface area contributed by atoms with E-state index in [9.17, 15) is 0 Å². The summed E-state index contributed by atoms with van der Waals surface area (Å²) in [7, 11) is 0. The minimum Gasteiger partial charge on any atom is -0.254 e. The zero-order valence-corrected chi connectivity index (χ0v) is 10.7. The van der Waals surface area contributed by atoms with Crippen molar-refractivity contribution in [2.24, 2.45) is 10.9 Å². The highest BCUT2D eigenvalue weighted by Gasteiger charge is 2.15. The molecule has 0 aliphatic carbocycles. The second-order valence-corrected chi connectivity index (χ2v) is 6.06. The summed E-state index contributed by atoms with van der Waals surface area (Å²) in [6.07, 6.45) is 1.94. The third-order valence-corrected chi connectivity index (χ3v) is 5.08. The average Bonchev–Trinajstić information content (AvgIpc) is 2.16. The maximum absolute atomic E-state index is 4.50. The van der Waals surface area contributed by atoms with Gasteiger partial charge in [-0.05, 0) is 24.5 Å². The van der Waals surface area contributed by atoms with Gasteiger partial charge in [0.1, 0.15) is 0 Å². The number of rotatable bonds is 1. The highest BCUT2D eigenvalue weighted by atomic mass is 127. The van der Waals surface area contributed by atoms with Crippen molar-refractivity contribution in [2.75, 3.05) is 0 Å². The normalized spacial score (nSPS) is 14.7. The van der Waals surface area contributed by atoms with E-state index < -0.39 is 0 Å². The van der Waals surface area contributed by atoms with Crippen molar-refractivity contribution in [3.8, 4) is 0 Å². The van der Waals surface area contributed by atoms with Gasteiger partial charge in [0.05, 0.1) is 15.6 Å². The summed E-state index contributed by atoms with van der Waals surface area (Å²) in [5.41, 5.74) is 3.38. The molecule has 1 aliphatic rings. The summed E-state index contributed by atoms with van der Waals surface area (Å²) in [5, 5.41) is 0. The highest BCUT2D eigenvalue weighted by molar-refractivity contribution is 14.2. The van der Waals surface area contributed by atoms with Crippen LogP contribution in [0, 0.1) is 12.8 Å². The molecule has 1 aromatic rings. The molecule has 0 bridgehead atoms. The van der Waals surface area contributed by atoms with E-state index >= 15 is 0 Å². The van der Waals surface area contributed by atoms with Crippen molar-refractivity contribution >= 4 is 34.1 Å². The maximum Gasteiger partial charge on any atom is 0.0978 e. The first-order chi connectivity index (χ1) is 6.68. The second kappa shape index (κ2) is 3.88. The molecule has 0 N–H and O–H groups in total. The molecule has 0 amide bonds. The van der Waals surface area contributed by atoms with Crippen molar-refractivity contribution in [3.05, 3.63) is 23.5 Å². The van der Waals surface area contributed by atoms with E-state index in [0.29, 0.717) is 5.92 Å². The van der Waals surface area contributed by atoms with Gasteiger partial charge < -0.3 is 0 Å². The Balaban J connectivity index is 2.55. The Morgan fingerprint density at radius 2 is 2.14 bits per heavy atom. The largest absolute Gasteiger partial charge is 0.254 e. The van der Waals surface area contributed by atoms with Gasteiger partial charge in [0.2, 0.25) is 0 Å². The van der Waals surface area contributed by atoms with Gasteiger partial charge in [-0.25, -0.2) is 4.99 Å². The summed E-state index contributed by atoms with van der Waals surface area (Å²) in [5.74, 6) is 0.600. The van der Waals surface area contributed by atoms with Gasteiger partial charge in [0, 0.05) is 9.71 Å². The van der Waals surface area contributed by atoms with Gasteiger partial charge in [-0.1, -0.05) is 34.6 Å².